The first kappa shape index (κ1) is 29.8. The molecule has 0 unspecified atom stereocenters. The van der Waals surface area contributed by atoms with Crippen molar-refractivity contribution in [1.82, 2.24) is 9.13 Å². The van der Waals surface area contributed by atoms with Crippen LogP contribution < -0.4 is 0 Å². The number of rotatable bonds is 3. The lowest BCUT2D eigenvalue weighted by molar-refractivity contribution is 1.17. The molecule has 0 fully saturated rings. The van der Waals surface area contributed by atoms with Crippen molar-refractivity contribution in [1.29, 1.82) is 5.26 Å². The van der Waals surface area contributed by atoms with Crippen LogP contribution in [0.5, 0.6) is 0 Å². The zero-order valence-electron chi connectivity index (χ0n) is 28.7. The molecule has 0 N–H and O–H groups in total. The Kier molecular flexibility index (Phi) is 6.16. The third-order valence-corrected chi connectivity index (χ3v) is 13.5. The summed E-state index contributed by atoms with van der Waals surface area (Å²) in [5.41, 5.74) is 9.34. The van der Waals surface area contributed by atoms with Crippen LogP contribution in [0.2, 0.25) is 0 Å². The van der Waals surface area contributed by atoms with E-state index in [-0.39, 0.29) is 0 Å². The summed E-state index contributed by atoms with van der Waals surface area (Å²) in [6.45, 7) is 0. The summed E-state index contributed by atoms with van der Waals surface area (Å²) in [7, 11) is 0. The molecule has 8 aromatic carbocycles. The molecular formula is C49H27N3S2. The number of hydrogen-bond donors (Lipinski definition) is 0. The summed E-state index contributed by atoms with van der Waals surface area (Å²) in [6.07, 6.45) is 0. The number of fused-ring (bicyclic) bond motifs is 13. The van der Waals surface area contributed by atoms with Crippen molar-refractivity contribution in [3.63, 3.8) is 0 Å². The van der Waals surface area contributed by atoms with Crippen molar-refractivity contribution in [2.75, 3.05) is 0 Å². The van der Waals surface area contributed by atoms with Crippen LogP contribution in [0.15, 0.2) is 164 Å². The Balaban J connectivity index is 0.994. The molecule has 0 bridgehead atoms. The lowest BCUT2D eigenvalue weighted by Crippen LogP contribution is -1.98. The van der Waals surface area contributed by atoms with E-state index in [1.54, 1.807) is 0 Å². The van der Waals surface area contributed by atoms with Gasteiger partial charge in [0.25, 0.3) is 0 Å². The molecule has 12 aromatic rings. The van der Waals surface area contributed by atoms with E-state index in [0.717, 1.165) is 33.5 Å². The molecule has 5 heteroatoms. The van der Waals surface area contributed by atoms with Gasteiger partial charge >= 0.3 is 0 Å². The Morgan fingerprint density at radius 2 is 1.06 bits per heavy atom. The highest BCUT2D eigenvalue weighted by atomic mass is 32.1. The second-order valence-electron chi connectivity index (χ2n) is 14.0. The topological polar surface area (TPSA) is 33.6 Å². The second-order valence-corrected chi connectivity index (χ2v) is 16.1. The maximum absolute atomic E-state index is 10.6. The lowest BCUT2D eigenvalue weighted by atomic mass is 10.0. The second kappa shape index (κ2) is 11.1. The molecule has 0 saturated heterocycles. The van der Waals surface area contributed by atoms with Gasteiger partial charge in [-0.15, -0.1) is 22.7 Å². The number of hydrogen-bond acceptors (Lipinski definition) is 3. The quantitative estimate of drug-likeness (QED) is 0.179. The summed E-state index contributed by atoms with van der Waals surface area (Å²) < 4.78 is 9.87. The monoisotopic (exact) mass is 721 g/mol. The molecule has 0 spiro atoms. The third-order valence-electron chi connectivity index (χ3n) is 11.2. The van der Waals surface area contributed by atoms with Crippen molar-refractivity contribution in [3.8, 4) is 28.6 Å². The number of thiophene rings is 2. The zero-order chi connectivity index (χ0) is 35.5. The summed E-state index contributed by atoms with van der Waals surface area (Å²) in [4.78, 5) is 0. The van der Waals surface area contributed by atoms with Crippen molar-refractivity contribution in [2.45, 2.75) is 0 Å². The fraction of sp³-hybridized carbons (Fsp3) is 0. The van der Waals surface area contributed by atoms with Crippen LogP contribution in [0, 0.1) is 11.3 Å². The van der Waals surface area contributed by atoms with Crippen LogP contribution in [0.3, 0.4) is 0 Å². The van der Waals surface area contributed by atoms with Gasteiger partial charge in [-0.2, -0.15) is 5.26 Å². The molecule has 4 aromatic heterocycles. The molecule has 3 nitrogen and oxygen atoms in total. The fourth-order valence-electron chi connectivity index (χ4n) is 8.76. The van der Waals surface area contributed by atoms with Gasteiger partial charge in [0, 0.05) is 67.6 Å². The van der Waals surface area contributed by atoms with Crippen LogP contribution in [0.25, 0.3) is 106 Å². The van der Waals surface area contributed by atoms with Gasteiger partial charge in [-0.05, 0) is 77.9 Å². The summed E-state index contributed by atoms with van der Waals surface area (Å²) in [5, 5.41) is 20.8. The molecule has 54 heavy (non-hydrogen) atoms. The molecule has 0 aliphatic carbocycles. The van der Waals surface area contributed by atoms with E-state index in [1.165, 1.54) is 72.9 Å². The van der Waals surface area contributed by atoms with Crippen LogP contribution in [-0.4, -0.2) is 9.13 Å². The molecule has 0 aliphatic heterocycles. The van der Waals surface area contributed by atoms with E-state index < -0.39 is 0 Å². The summed E-state index contributed by atoms with van der Waals surface area (Å²) >= 11 is 3.71. The molecule has 250 valence electrons. The van der Waals surface area contributed by atoms with E-state index in [9.17, 15) is 5.26 Å². The molecule has 0 amide bonds. The predicted octanol–water partition coefficient (Wildman–Crippen LogP) is 14.2. The molecular weight excluding hydrogens is 695 g/mol. The van der Waals surface area contributed by atoms with Crippen LogP contribution in [0.4, 0.5) is 0 Å². The van der Waals surface area contributed by atoms with E-state index in [4.69, 9.17) is 0 Å². The molecule has 0 aliphatic rings. The van der Waals surface area contributed by atoms with E-state index >= 15 is 0 Å². The molecule has 0 radical (unpaired) electrons. The van der Waals surface area contributed by atoms with Crippen molar-refractivity contribution < 1.29 is 0 Å². The molecule has 4 heterocycles. The molecule has 0 saturated carbocycles. The third kappa shape index (κ3) is 4.10. The maximum atomic E-state index is 10.6. The smallest absolute Gasteiger partial charge is 0.101 e. The standard InChI is InChI=1S/C49H27N3S2/c50-28-31-25-30(19-23-40(31)52-42-14-6-2-12-37(42)48-43(52)24-22-36-34-10-3-8-16-46(34)54-49(36)48)29-17-20-32(21-18-29)51-41-13-5-1-9-33(41)38-27-47-39(26-44(38)51)35-11-4-7-15-45(35)53-47/h1-27H. The highest BCUT2D eigenvalue weighted by Crippen LogP contribution is 2.44. The summed E-state index contributed by atoms with van der Waals surface area (Å²) in [6, 6.07) is 61.5. The maximum Gasteiger partial charge on any atom is 0.101 e. The zero-order valence-corrected chi connectivity index (χ0v) is 30.4. The largest absolute Gasteiger partial charge is 0.309 e. The first-order chi connectivity index (χ1) is 26.7. The highest BCUT2D eigenvalue weighted by Gasteiger charge is 2.20. The van der Waals surface area contributed by atoms with Crippen molar-refractivity contribution >= 4 is 107 Å². The Hall–Kier alpha value is -6.71. The van der Waals surface area contributed by atoms with Gasteiger partial charge in [0.2, 0.25) is 0 Å². The number of aromatic nitrogens is 2. The minimum Gasteiger partial charge on any atom is -0.309 e. The van der Waals surface area contributed by atoms with Gasteiger partial charge in [0.05, 0.1) is 33.3 Å². The van der Waals surface area contributed by atoms with Gasteiger partial charge < -0.3 is 9.13 Å². The first-order valence-electron chi connectivity index (χ1n) is 18.1. The van der Waals surface area contributed by atoms with E-state index in [2.05, 4.69) is 173 Å². The number of benzene rings is 8. The normalized spacial score (nSPS) is 12.1. The van der Waals surface area contributed by atoms with Gasteiger partial charge in [0.15, 0.2) is 0 Å². The van der Waals surface area contributed by atoms with E-state index in [1.807, 2.05) is 28.7 Å². The SMILES string of the molecule is N#Cc1cc(-c2ccc(-n3c4ccccc4c4cc5sc6ccccc6c5cc43)cc2)ccc1-n1c2ccccc2c2c3sc4ccccc4c3ccc21. The average molecular weight is 722 g/mol. The number of nitrogens with zero attached hydrogens (tertiary/aromatic N) is 3. The van der Waals surface area contributed by atoms with Gasteiger partial charge in [-0.1, -0.05) is 97.1 Å². The predicted molar refractivity (Wildman–Crippen MR) is 231 cm³/mol. The fourth-order valence-corrected chi connectivity index (χ4v) is 11.1. The van der Waals surface area contributed by atoms with Crippen LogP contribution >= 0.6 is 22.7 Å². The number of para-hydroxylation sites is 2. The van der Waals surface area contributed by atoms with Crippen LogP contribution in [0.1, 0.15) is 5.56 Å². The average Bonchev–Trinajstić information content (AvgIpc) is 3.97. The Morgan fingerprint density at radius 3 is 1.83 bits per heavy atom. The van der Waals surface area contributed by atoms with E-state index in [0.29, 0.717) is 5.56 Å². The molecule has 0 atom stereocenters. The number of nitriles is 1. The lowest BCUT2D eigenvalue weighted by Gasteiger charge is -2.13. The van der Waals surface area contributed by atoms with Gasteiger partial charge in [-0.3, -0.25) is 0 Å². The van der Waals surface area contributed by atoms with Crippen molar-refractivity contribution in [3.05, 3.63) is 169 Å². The Labute approximate surface area is 317 Å². The minimum atomic E-state index is 0.644. The minimum absolute atomic E-state index is 0.644. The Bertz CT molecular complexity index is 3570. The molecule has 12 rings (SSSR count). The van der Waals surface area contributed by atoms with Crippen LogP contribution in [-0.2, 0) is 0 Å². The highest BCUT2D eigenvalue weighted by molar-refractivity contribution is 7.27. The van der Waals surface area contributed by atoms with Gasteiger partial charge in [0.1, 0.15) is 6.07 Å². The van der Waals surface area contributed by atoms with Gasteiger partial charge in [-0.25, -0.2) is 0 Å². The Morgan fingerprint density at radius 1 is 0.407 bits per heavy atom. The van der Waals surface area contributed by atoms with Crippen molar-refractivity contribution in [2.24, 2.45) is 0 Å². The summed E-state index contributed by atoms with van der Waals surface area (Å²) in [5.74, 6) is 0. The first-order valence-corrected chi connectivity index (χ1v) is 19.7.